The first-order chi connectivity index (χ1) is 13.7. The van der Waals surface area contributed by atoms with Crippen molar-refractivity contribution in [1.29, 1.82) is 0 Å². The molecule has 1 saturated carbocycles. The minimum Gasteiger partial charge on any atom is -0.335 e. The number of fused-ring (bicyclic) bond motifs is 2. The van der Waals surface area contributed by atoms with Crippen LogP contribution in [-0.4, -0.2) is 32.2 Å². The molecule has 1 aromatic carbocycles. The van der Waals surface area contributed by atoms with Crippen molar-refractivity contribution in [3.63, 3.8) is 0 Å². The Labute approximate surface area is 161 Å². The summed E-state index contributed by atoms with van der Waals surface area (Å²) in [4.78, 5) is 21.3. The number of urea groups is 1. The van der Waals surface area contributed by atoms with Gasteiger partial charge in [0.15, 0.2) is 0 Å². The number of aromatic amines is 1. The van der Waals surface area contributed by atoms with Crippen LogP contribution in [0.2, 0.25) is 0 Å². The Morgan fingerprint density at radius 1 is 1.00 bits per heavy atom. The zero-order valence-electron chi connectivity index (χ0n) is 15.3. The van der Waals surface area contributed by atoms with Gasteiger partial charge in [0, 0.05) is 23.2 Å². The van der Waals surface area contributed by atoms with Crippen LogP contribution in [0.5, 0.6) is 0 Å². The maximum atomic E-state index is 12.2. The first kappa shape index (κ1) is 16.7. The maximum Gasteiger partial charge on any atom is 0.320 e. The highest BCUT2D eigenvalue weighted by atomic mass is 16.2. The molecule has 1 aliphatic carbocycles. The van der Waals surface area contributed by atoms with E-state index in [1.807, 2.05) is 30.5 Å². The highest BCUT2D eigenvalue weighted by molar-refractivity contribution is 5.91. The molecular weight excluding hydrogens is 352 g/mol. The predicted octanol–water partition coefficient (Wildman–Crippen LogP) is 4.24. The number of anilines is 1. The molecule has 5 rings (SSSR count). The number of hydrogen-bond donors (Lipinski definition) is 3. The van der Waals surface area contributed by atoms with Crippen molar-refractivity contribution in [3.8, 4) is 11.1 Å². The van der Waals surface area contributed by atoms with Gasteiger partial charge in [-0.15, -0.1) is 0 Å². The van der Waals surface area contributed by atoms with Crippen molar-refractivity contribution >= 4 is 33.8 Å². The fourth-order valence-corrected chi connectivity index (χ4v) is 3.76. The number of benzene rings is 1. The van der Waals surface area contributed by atoms with Crippen LogP contribution in [-0.2, 0) is 0 Å². The van der Waals surface area contributed by atoms with Crippen LogP contribution in [0.25, 0.3) is 33.1 Å². The van der Waals surface area contributed by atoms with E-state index in [1.54, 1.807) is 12.3 Å². The third-order valence-electron chi connectivity index (χ3n) is 5.24. The smallest absolute Gasteiger partial charge is 0.320 e. The Morgan fingerprint density at radius 2 is 1.89 bits per heavy atom. The summed E-state index contributed by atoms with van der Waals surface area (Å²) in [5.74, 6) is 0.521. The molecule has 7 heteroatoms. The number of rotatable bonds is 3. The number of H-pyrrole nitrogens is 1. The molecular formula is C21H20N6O. The van der Waals surface area contributed by atoms with Gasteiger partial charge in [0.2, 0.25) is 0 Å². The van der Waals surface area contributed by atoms with E-state index >= 15 is 0 Å². The Morgan fingerprint density at radius 3 is 2.79 bits per heavy atom. The Bertz CT molecular complexity index is 1160. The van der Waals surface area contributed by atoms with Gasteiger partial charge in [-0.1, -0.05) is 18.9 Å². The van der Waals surface area contributed by atoms with E-state index in [2.05, 4.69) is 36.9 Å². The monoisotopic (exact) mass is 372 g/mol. The van der Waals surface area contributed by atoms with Crippen LogP contribution < -0.4 is 10.6 Å². The second kappa shape index (κ2) is 6.92. The van der Waals surface area contributed by atoms with Crippen LogP contribution in [0.3, 0.4) is 0 Å². The maximum absolute atomic E-state index is 12.2. The number of carbonyl (C=O) groups is 1. The summed E-state index contributed by atoms with van der Waals surface area (Å²) >= 11 is 0. The molecule has 140 valence electrons. The fourth-order valence-electron chi connectivity index (χ4n) is 3.76. The Kier molecular flexibility index (Phi) is 4.12. The molecule has 3 N–H and O–H groups in total. The lowest BCUT2D eigenvalue weighted by molar-refractivity contribution is 0.248. The van der Waals surface area contributed by atoms with E-state index in [0.717, 1.165) is 45.9 Å². The predicted molar refractivity (Wildman–Crippen MR) is 109 cm³/mol. The molecule has 1 fully saturated rings. The summed E-state index contributed by atoms with van der Waals surface area (Å²) in [6, 6.07) is 11.8. The number of carbonyl (C=O) groups excluding carboxylic acids is 1. The van der Waals surface area contributed by atoms with E-state index in [9.17, 15) is 4.79 Å². The lowest BCUT2D eigenvalue weighted by atomic mass is 10.1. The van der Waals surface area contributed by atoms with Crippen molar-refractivity contribution in [3.05, 3.63) is 48.8 Å². The summed E-state index contributed by atoms with van der Waals surface area (Å²) in [6.45, 7) is 0. The minimum atomic E-state index is -0.201. The second-order valence-corrected chi connectivity index (χ2v) is 7.21. The number of aromatic nitrogens is 4. The summed E-state index contributed by atoms with van der Waals surface area (Å²) < 4.78 is 0. The third kappa shape index (κ3) is 3.26. The van der Waals surface area contributed by atoms with Crippen LogP contribution in [0.1, 0.15) is 25.7 Å². The molecule has 0 aliphatic heterocycles. The van der Waals surface area contributed by atoms with Gasteiger partial charge in [0.05, 0.1) is 22.7 Å². The zero-order valence-corrected chi connectivity index (χ0v) is 15.3. The van der Waals surface area contributed by atoms with Crippen molar-refractivity contribution in [2.75, 3.05) is 5.32 Å². The molecule has 3 aromatic heterocycles. The first-order valence-electron chi connectivity index (χ1n) is 9.52. The number of amides is 2. The molecule has 3 heterocycles. The van der Waals surface area contributed by atoms with E-state index in [4.69, 9.17) is 0 Å². The molecule has 28 heavy (non-hydrogen) atoms. The third-order valence-corrected chi connectivity index (χ3v) is 5.24. The second-order valence-electron chi connectivity index (χ2n) is 7.21. The van der Waals surface area contributed by atoms with Crippen molar-refractivity contribution in [2.45, 2.75) is 31.7 Å². The molecule has 0 saturated heterocycles. The number of pyridine rings is 2. The molecule has 1 aliphatic rings. The van der Waals surface area contributed by atoms with Crippen molar-refractivity contribution in [1.82, 2.24) is 25.5 Å². The van der Waals surface area contributed by atoms with Gasteiger partial charge < -0.3 is 5.32 Å². The highest BCUT2D eigenvalue weighted by Gasteiger charge is 2.17. The van der Waals surface area contributed by atoms with E-state index in [0.29, 0.717) is 5.82 Å². The van der Waals surface area contributed by atoms with Gasteiger partial charge in [-0.3, -0.25) is 15.4 Å². The topological polar surface area (TPSA) is 95.6 Å². The average Bonchev–Trinajstić information content (AvgIpc) is 3.38. The van der Waals surface area contributed by atoms with Gasteiger partial charge in [-0.05, 0) is 48.7 Å². The van der Waals surface area contributed by atoms with Crippen molar-refractivity contribution in [2.24, 2.45) is 0 Å². The standard InChI is InChI=1S/C21H20N6O/c28-21(24-16-3-1-2-4-16)26-20-8-7-18-19(25-20)10-14(11-22-18)13-5-6-17-15(9-13)12-23-27-17/h5-12,16H,1-4H2,(H,23,27)(H2,24,25,26,28). The molecule has 7 nitrogen and oxygen atoms in total. The number of nitrogens with zero attached hydrogens (tertiary/aromatic N) is 3. The first-order valence-corrected chi connectivity index (χ1v) is 9.52. The minimum absolute atomic E-state index is 0.201. The molecule has 0 unspecified atom stereocenters. The molecule has 0 atom stereocenters. The SMILES string of the molecule is O=C(Nc1ccc2ncc(-c3ccc4[nH]ncc4c3)cc2n1)NC1CCCC1. The van der Waals surface area contributed by atoms with Crippen LogP contribution >= 0.6 is 0 Å². The van der Waals surface area contributed by atoms with Gasteiger partial charge in [-0.25, -0.2) is 9.78 Å². The van der Waals surface area contributed by atoms with Crippen LogP contribution in [0.15, 0.2) is 48.8 Å². The van der Waals surface area contributed by atoms with E-state index in [1.165, 1.54) is 12.8 Å². The Hall–Kier alpha value is -3.48. The summed E-state index contributed by atoms with van der Waals surface area (Å²) in [7, 11) is 0. The molecule has 4 aromatic rings. The van der Waals surface area contributed by atoms with Gasteiger partial charge >= 0.3 is 6.03 Å². The van der Waals surface area contributed by atoms with Gasteiger partial charge in [-0.2, -0.15) is 5.10 Å². The summed E-state index contributed by atoms with van der Waals surface area (Å²) in [5, 5.41) is 13.9. The quantitative estimate of drug-likeness (QED) is 0.501. The molecule has 0 bridgehead atoms. The molecule has 0 radical (unpaired) electrons. The van der Waals surface area contributed by atoms with Crippen LogP contribution in [0.4, 0.5) is 10.6 Å². The van der Waals surface area contributed by atoms with Crippen LogP contribution in [0, 0.1) is 0 Å². The lowest BCUT2D eigenvalue weighted by Gasteiger charge is -2.12. The fraction of sp³-hybridized carbons (Fsp3) is 0.238. The normalized spacial score (nSPS) is 14.6. The average molecular weight is 372 g/mol. The lowest BCUT2D eigenvalue weighted by Crippen LogP contribution is -2.36. The van der Waals surface area contributed by atoms with Gasteiger partial charge in [0.25, 0.3) is 0 Å². The summed E-state index contributed by atoms with van der Waals surface area (Å²) in [5.41, 5.74) is 4.53. The van der Waals surface area contributed by atoms with E-state index < -0.39 is 0 Å². The molecule has 2 amide bonds. The van der Waals surface area contributed by atoms with E-state index in [-0.39, 0.29) is 12.1 Å². The highest BCUT2D eigenvalue weighted by Crippen LogP contribution is 2.25. The summed E-state index contributed by atoms with van der Waals surface area (Å²) in [6.07, 6.45) is 8.10. The number of hydrogen-bond acceptors (Lipinski definition) is 4. The Balaban J connectivity index is 1.41. The largest absolute Gasteiger partial charge is 0.335 e. The number of nitrogens with one attached hydrogen (secondary N) is 3. The molecule has 0 spiro atoms. The van der Waals surface area contributed by atoms with Crippen molar-refractivity contribution < 1.29 is 4.79 Å². The van der Waals surface area contributed by atoms with Gasteiger partial charge in [0.1, 0.15) is 5.82 Å². The zero-order chi connectivity index (χ0) is 18.9.